The van der Waals surface area contributed by atoms with Gasteiger partial charge in [0.15, 0.2) is 0 Å². The molecule has 0 spiro atoms. The molecule has 0 radical (unpaired) electrons. The van der Waals surface area contributed by atoms with Gasteiger partial charge in [-0.25, -0.2) is 9.59 Å². The smallest absolute Gasteiger partial charge is 0.340 e. The first kappa shape index (κ1) is 21.1. The van der Waals surface area contributed by atoms with Crippen LogP contribution in [0.1, 0.15) is 47.4 Å². The molecule has 0 aromatic heterocycles. The fourth-order valence-corrected chi connectivity index (χ4v) is 2.98. The van der Waals surface area contributed by atoms with E-state index < -0.39 is 35.7 Å². The number of allylic oxidation sites excluding steroid dienone is 2. The SMILES string of the molecule is CCOC(=O)c1ccc(C(=O)OCC)c(NC(=O)[C@H]2CC=CC[C@H]2C(=O)O)c1. The van der Waals surface area contributed by atoms with Gasteiger partial charge in [-0.05, 0) is 44.9 Å². The predicted octanol–water partition coefficient (Wildman–Crippen LogP) is 2.65. The van der Waals surface area contributed by atoms with Gasteiger partial charge in [0.25, 0.3) is 0 Å². The fourth-order valence-electron chi connectivity index (χ4n) is 2.98. The van der Waals surface area contributed by atoms with Crippen LogP contribution in [0.25, 0.3) is 0 Å². The van der Waals surface area contributed by atoms with E-state index in [0.29, 0.717) is 0 Å². The zero-order chi connectivity index (χ0) is 20.7. The molecule has 2 N–H and O–H groups in total. The maximum absolute atomic E-state index is 12.7. The van der Waals surface area contributed by atoms with Crippen LogP contribution >= 0.6 is 0 Å². The summed E-state index contributed by atoms with van der Waals surface area (Å²) < 4.78 is 9.94. The number of ether oxygens (including phenoxy) is 2. The van der Waals surface area contributed by atoms with Crippen molar-refractivity contribution < 1.29 is 33.8 Å². The second-order valence-electron chi connectivity index (χ2n) is 6.18. The van der Waals surface area contributed by atoms with Crippen LogP contribution in [0.4, 0.5) is 5.69 Å². The van der Waals surface area contributed by atoms with Gasteiger partial charge in [0, 0.05) is 0 Å². The van der Waals surface area contributed by atoms with Gasteiger partial charge >= 0.3 is 17.9 Å². The van der Waals surface area contributed by atoms with Gasteiger partial charge < -0.3 is 19.9 Å². The summed E-state index contributed by atoms with van der Waals surface area (Å²) in [6.45, 7) is 3.63. The minimum atomic E-state index is -1.06. The molecular weight excluding hydrogens is 366 g/mol. The summed E-state index contributed by atoms with van der Waals surface area (Å²) in [7, 11) is 0. The van der Waals surface area contributed by atoms with E-state index in [2.05, 4.69) is 5.32 Å². The van der Waals surface area contributed by atoms with Gasteiger partial charge in [-0.1, -0.05) is 12.2 Å². The number of aliphatic carboxylic acids is 1. The van der Waals surface area contributed by atoms with Crippen molar-refractivity contribution in [2.24, 2.45) is 11.8 Å². The number of amides is 1. The highest BCUT2D eigenvalue weighted by Gasteiger charge is 2.34. The molecule has 1 aromatic carbocycles. The Balaban J connectivity index is 2.34. The van der Waals surface area contributed by atoms with E-state index in [4.69, 9.17) is 9.47 Å². The summed E-state index contributed by atoms with van der Waals surface area (Å²) in [5, 5.41) is 12.0. The highest BCUT2D eigenvalue weighted by Crippen LogP contribution is 2.28. The summed E-state index contributed by atoms with van der Waals surface area (Å²) in [5.41, 5.74) is 0.303. The lowest BCUT2D eigenvalue weighted by Crippen LogP contribution is -2.35. The van der Waals surface area contributed by atoms with Crippen molar-refractivity contribution in [2.45, 2.75) is 26.7 Å². The number of hydrogen-bond acceptors (Lipinski definition) is 6. The Hall–Kier alpha value is -3.16. The Labute approximate surface area is 162 Å². The Bertz CT molecular complexity index is 800. The first-order chi connectivity index (χ1) is 13.4. The summed E-state index contributed by atoms with van der Waals surface area (Å²) in [5.74, 6) is -4.50. The lowest BCUT2D eigenvalue weighted by atomic mass is 9.82. The van der Waals surface area contributed by atoms with E-state index >= 15 is 0 Å². The second-order valence-corrected chi connectivity index (χ2v) is 6.18. The van der Waals surface area contributed by atoms with Crippen LogP contribution in [-0.4, -0.2) is 42.1 Å². The third kappa shape index (κ3) is 4.97. The Kier molecular flexibility index (Phi) is 7.31. The van der Waals surface area contributed by atoms with Gasteiger partial charge in [-0.15, -0.1) is 0 Å². The molecule has 0 unspecified atom stereocenters. The molecule has 0 bridgehead atoms. The summed E-state index contributed by atoms with van der Waals surface area (Å²) in [4.78, 5) is 48.4. The first-order valence-electron chi connectivity index (χ1n) is 9.05. The zero-order valence-electron chi connectivity index (χ0n) is 15.8. The molecule has 8 heteroatoms. The average Bonchev–Trinajstić information content (AvgIpc) is 2.68. The van der Waals surface area contributed by atoms with Crippen LogP contribution in [0.5, 0.6) is 0 Å². The van der Waals surface area contributed by atoms with E-state index in [1.165, 1.54) is 18.2 Å². The molecule has 0 saturated carbocycles. The van der Waals surface area contributed by atoms with E-state index in [9.17, 15) is 24.3 Å². The monoisotopic (exact) mass is 389 g/mol. The van der Waals surface area contributed by atoms with E-state index in [1.807, 2.05) is 0 Å². The molecule has 1 aliphatic carbocycles. The normalized spacial score (nSPS) is 18.2. The van der Waals surface area contributed by atoms with Crippen molar-refractivity contribution in [2.75, 3.05) is 18.5 Å². The van der Waals surface area contributed by atoms with E-state index in [0.717, 1.165) is 0 Å². The zero-order valence-corrected chi connectivity index (χ0v) is 15.8. The molecule has 0 fully saturated rings. The first-order valence-corrected chi connectivity index (χ1v) is 9.05. The molecule has 1 amide bonds. The molecule has 2 rings (SSSR count). The number of carbonyl (C=O) groups excluding carboxylic acids is 3. The standard InChI is InChI=1S/C20H23NO7/c1-3-27-19(25)12-9-10-15(20(26)28-4-2)16(11-12)21-17(22)13-7-5-6-8-14(13)18(23)24/h5-6,9-11,13-14H,3-4,7-8H2,1-2H3,(H,21,22)(H,23,24)/t13-,14+/m0/s1. The van der Waals surface area contributed by atoms with Gasteiger partial charge in [0.2, 0.25) is 5.91 Å². The van der Waals surface area contributed by atoms with Crippen molar-refractivity contribution in [3.63, 3.8) is 0 Å². The van der Waals surface area contributed by atoms with Gasteiger partial charge in [0.1, 0.15) is 0 Å². The van der Waals surface area contributed by atoms with Crippen LogP contribution in [0.15, 0.2) is 30.4 Å². The number of carbonyl (C=O) groups is 4. The van der Waals surface area contributed by atoms with Crippen LogP contribution in [0, 0.1) is 11.8 Å². The number of rotatable bonds is 7. The predicted molar refractivity (Wildman–Crippen MR) is 100.0 cm³/mol. The molecule has 0 saturated heterocycles. The van der Waals surface area contributed by atoms with Crippen molar-refractivity contribution in [3.8, 4) is 0 Å². The molecule has 150 valence electrons. The van der Waals surface area contributed by atoms with E-state index in [-0.39, 0.29) is 42.9 Å². The topological polar surface area (TPSA) is 119 Å². The maximum atomic E-state index is 12.7. The lowest BCUT2D eigenvalue weighted by molar-refractivity contribution is -0.146. The minimum Gasteiger partial charge on any atom is -0.481 e. The second kappa shape index (κ2) is 9.68. The number of carboxylic acid groups (broad SMARTS) is 1. The highest BCUT2D eigenvalue weighted by atomic mass is 16.5. The van der Waals surface area contributed by atoms with Crippen molar-refractivity contribution in [1.29, 1.82) is 0 Å². The van der Waals surface area contributed by atoms with Gasteiger partial charge in [-0.3, -0.25) is 9.59 Å². The molecule has 2 atom stereocenters. The lowest BCUT2D eigenvalue weighted by Gasteiger charge is -2.24. The molecule has 8 nitrogen and oxygen atoms in total. The Morgan fingerprint density at radius 1 is 1.00 bits per heavy atom. The number of nitrogens with one attached hydrogen (secondary N) is 1. The van der Waals surface area contributed by atoms with Crippen molar-refractivity contribution in [1.82, 2.24) is 0 Å². The minimum absolute atomic E-state index is 0.0708. The number of benzene rings is 1. The van der Waals surface area contributed by atoms with Gasteiger partial charge in [-0.2, -0.15) is 0 Å². The molecule has 0 heterocycles. The van der Waals surface area contributed by atoms with Crippen LogP contribution < -0.4 is 5.32 Å². The third-order valence-electron chi connectivity index (χ3n) is 4.37. The maximum Gasteiger partial charge on any atom is 0.340 e. The van der Waals surface area contributed by atoms with Gasteiger partial charge in [0.05, 0.1) is 41.9 Å². The van der Waals surface area contributed by atoms with Crippen LogP contribution in [0.3, 0.4) is 0 Å². The quantitative estimate of drug-likeness (QED) is 0.543. The van der Waals surface area contributed by atoms with Crippen molar-refractivity contribution >= 4 is 29.5 Å². The molecule has 1 aliphatic rings. The number of hydrogen-bond donors (Lipinski definition) is 2. The molecular formula is C20H23NO7. The number of carboxylic acids is 1. The Morgan fingerprint density at radius 3 is 2.21 bits per heavy atom. The van der Waals surface area contributed by atoms with Crippen LogP contribution in [0.2, 0.25) is 0 Å². The van der Waals surface area contributed by atoms with Crippen molar-refractivity contribution in [3.05, 3.63) is 41.5 Å². The fraction of sp³-hybridized carbons (Fsp3) is 0.400. The summed E-state index contributed by atoms with van der Waals surface area (Å²) >= 11 is 0. The molecule has 28 heavy (non-hydrogen) atoms. The summed E-state index contributed by atoms with van der Waals surface area (Å²) in [6, 6.07) is 4.11. The largest absolute Gasteiger partial charge is 0.481 e. The number of anilines is 1. The Morgan fingerprint density at radius 2 is 1.61 bits per heavy atom. The summed E-state index contributed by atoms with van der Waals surface area (Å²) in [6.07, 6.45) is 4.01. The highest BCUT2D eigenvalue weighted by molar-refractivity contribution is 6.04. The van der Waals surface area contributed by atoms with Crippen LogP contribution in [-0.2, 0) is 19.1 Å². The molecule has 1 aromatic rings. The third-order valence-corrected chi connectivity index (χ3v) is 4.37. The average molecular weight is 389 g/mol. The molecule has 0 aliphatic heterocycles. The number of esters is 2. The van der Waals surface area contributed by atoms with E-state index in [1.54, 1.807) is 26.0 Å².